The minimum Gasteiger partial charge on any atom is -0.284 e. The van der Waals surface area contributed by atoms with Gasteiger partial charge in [-0.25, -0.2) is 8.42 Å². The van der Waals surface area contributed by atoms with E-state index < -0.39 is 10.0 Å². The van der Waals surface area contributed by atoms with Gasteiger partial charge in [-0.1, -0.05) is 6.07 Å². The fourth-order valence-corrected chi connectivity index (χ4v) is 3.15. The van der Waals surface area contributed by atoms with Crippen molar-refractivity contribution in [1.29, 1.82) is 0 Å². The molecule has 1 N–H and O–H groups in total. The Labute approximate surface area is 121 Å². The summed E-state index contributed by atoms with van der Waals surface area (Å²) in [6, 6.07) is 5.50. The van der Waals surface area contributed by atoms with Gasteiger partial charge in [0.1, 0.15) is 0 Å². The lowest BCUT2D eigenvalue weighted by Crippen LogP contribution is -2.16. The number of halogens is 2. The maximum atomic E-state index is 11.7. The molecular formula is C11H15ClINO2S. The Bertz CT molecular complexity index is 476. The lowest BCUT2D eigenvalue weighted by molar-refractivity contribution is 0.598. The molecule has 0 aliphatic heterocycles. The van der Waals surface area contributed by atoms with E-state index in [1.807, 2.05) is 19.1 Å². The third-order valence-corrected chi connectivity index (χ3v) is 5.04. The van der Waals surface area contributed by atoms with Gasteiger partial charge >= 0.3 is 0 Å². The maximum Gasteiger partial charge on any atom is 0.232 e. The van der Waals surface area contributed by atoms with Crippen LogP contribution in [-0.4, -0.2) is 20.1 Å². The molecule has 0 atom stereocenters. The van der Waals surface area contributed by atoms with Crippen LogP contribution in [0.2, 0.25) is 0 Å². The minimum atomic E-state index is -3.25. The molecule has 0 saturated heterocycles. The van der Waals surface area contributed by atoms with E-state index in [1.165, 1.54) is 0 Å². The first kappa shape index (κ1) is 15.0. The Balaban J connectivity index is 2.66. The van der Waals surface area contributed by atoms with Crippen LogP contribution in [0.1, 0.15) is 18.4 Å². The average molecular weight is 388 g/mol. The van der Waals surface area contributed by atoms with Crippen LogP contribution < -0.4 is 4.72 Å². The quantitative estimate of drug-likeness (QED) is 0.462. The van der Waals surface area contributed by atoms with Gasteiger partial charge in [-0.05, 0) is 60.1 Å². The molecule has 0 aliphatic rings. The van der Waals surface area contributed by atoms with Gasteiger partial charge in [0, 0.05) is 15.1 Å². The summed E-state index contributed by atoms with van der Waals surface area (Å²) in [6.45, 7) is 1.99. The van der Waals surface area contributed by atoms with Crippen molar-refractivity contribution < 1.29 is 8.42 Å². The van der Waals surface area contributed by atoms with E-state index in [-0.39, 0.29) is 5.75 Å². The first-order chi connectivity index (χ1) is 7.94. The lowest BCUT2D eigenvalue weighted by atomic mass is 10.2. The predicted molar refractivity (Wildman–Crippen MR) is 81.3 cm³/mol. The van der Waals surface area contributed by atoms with Gasteiger partial charge in [-0.15, -0.1) is 11.6 Å². The fraction of sp³-hybridized carbons (Fsp3) is 0.455. The van der Waals surface area contributed by atoms with Crippen molar-refractivity contribution in [3.05, 3.63) is 27.3 Å². The Morgan fingerprint density at radius 2 is 2.06 bits per heavy atom. The number of anilines is 1. The topological polar surface area (TPSA) is 46.2 Å². The Kier molecular flexibility index (Phi) is 6.02. The zero-order valence-electron chi connectivity index (χ0n) is 9.54. The number of hydrogen-bond acceptors (Lipinski definition) is 2. The highest BCUT2D eigenvalue weighted by Gasteiger charge is 2.10. The Morgan fingerprint density at radius 3 is 2.65 bits per heavy atom. The molecule has 0 amide bonds. The number of rotatable bonds is 6. The monoisotopic (exact) mass is 387 g/mol. The third-order valence-electron chi connectivity index (χ3n) is 2.24. The van der Waals surface area contributed by atoms with Crippen molar-refractivity contribution in [2.75, 3.05) is 16.4 Å². The third kappa shape index (κ3) is 5.44. The molecule has 0 heterocycles. The van der Waals surface area contributed by atoms with Crippen LogP contribution in [-0.2, 0) is 10.0 Å². The van der Waals surface area contributed by atoms with E-state index >= 15 is 0 Å². The Hall–Kier alpha value is -0.0100. The summed E-state index contributed by atoms with van der Waals surface area (Å²) in [6.07, 6.45) is 1.30. The standard InChI is InChI=1S/C11H15ClINO2S/c1-9-4-5-10(8-11(9)13)14-17(15,16)7-3-2-6-12/h4-5,8,14H,2-3,6-7H2,1H3. The van der Waals surface area contributed by atoms with E-state index in [2.05, 4.69) is 27.3 Å². The summed E-state index contributed by atoms with van der Waals surface area (Å²) in [7, 11) is -3.25. The van der Waals surface area contributed by atoms with E-state index in [9.17, 15) is 8.42 Å². The first-order valence-electron chi connectivity index (χ1n) is 5.27. The molecular weight excluding hydrogens is 373 g/mol. The van der Waals surface area contributed by atoms with E-state index in [0.717, 1.165) is 9.13 Å². The number of aryl methyl sites for hydroxylation is 1. The number of unbranched alkanes of at least 4 members (excludes halogenated alkanes) is 1. The zero-order valence-corrected chi connectivity index (χ0v) is 13.3. The van der Waals surface area contributed by atoms with E-state index in [0.29, 0.717) is 24.4 Å². The molecule has 1 rings (SSSR count). The predicted octanol–water partition coefficient (Wildman–Crippen LogP) is 3.36. The van der Waals surface area contributed by atoms with Crippen LogP contribution in [0.5, 0.6) is 0 Å². The summed E-state index contributed by atoms with van der Waals surface area (Å²) in [5.41, 5.74) is 1.75. The van der Waals surface area contributed by atoms with E-state index in [1.54, 1.807) is 6.07 Å². The SMILES string of the molecule is Cc1ccc(NS(=O)(=O)CCCCCl)cc1I. The number of benzene rings is 1. The molecule has 0 aromatic heterocycles. The Morgan fingerprint density at radius 1 is 1.35 bits per heavy atom. The van der Waals surface area contributed by atoms with Crippen LogP contribution in [0.4, 0.5) is 5.69 Å². The van der Waals surface area contributed by atoms with Crippen LogP contribution in [0, 0.1) is 10.5 Å². The van der Waals surface area contributed by atoms with Gasteiger partial charge in [0.15, 0.2) is 0 Å². The summed E-state index contributed by atoms with van der Waals surface area (Å²) in [4.78, 5) is 0. The van der Waals surface area contributed by atoms with Crippen molar-refractivity contribution in [3.63, 3.8) is 0 Å². The highest BCUT2D eigenvalue weighted by Crippen LogP contribution is 2.18. The molecule has 0 radical (unpaired) electrons. The highest BCUT2D eigenvalue weighted by atomic mass is 127. The van der Waals surface area contributed by atoms with Crippen molar-refractivity contribution in [3.8, 4) is 0 Å². The number of hydrogen-bond donors (Lipinski definition) is 1. The smallest absolute Gasteiger partial charge is 0.232 e. The van der Waals surface area contributed by atoms with Gasteiger partial charge in [-0.3, -0.25) is 4.72 Å². The van der Waals surface area contributed by atoms with Crippen molar-refractivity contribution >= 4 is 49.9 Å². The van der Waals surface area contributed by atoms with E-state index in [4.69, 9.17) is 11.6 Å². The summed E-state index contributed by atoms with van der Waals surface area (Å²) in [5.74, 6) is 0.613. The minimum absolute atomic E-state index is 0.115. The molecule has 0 unspecified atom stereocenters. The highest BCUT2D eigenvalue weighted by molar-refractivity contribution is 14.1. The fourth-order valence-electron chi connectivity index (χ4n) is 1.27. The molecule has 0 aliphatic carbocycles. The van der Waals surface area contributed by atoms with Crippen LogP contribution in [0.15, 0.2) is 18.2 Å². The van der Waals surface area contributed by atoms with Crippen molar-refractivity contribution in [2.45, 2.75) is 19.8 Å². The van der Waals surface area contributed by atoms with Crippen molar-refractivity contribution in [2.24, 2.45) is 0 Å². The molecule has 6 heteroatoms. The molecule has 0 bridgehead atoms. The number of sulfonamides is 1. The van der Waals surface area contributed by atoms with Crippen LogP contribution >= 0.6 is 34.2 Å². The molecule has 3 nitrogen and oxygen atoms in total. The molecule has 1 aromatic rings. The van der Waals surface area contributed by atoms with Crippen molar-refractivity contribution in [1.82, 2.24) is 0 Å². The van der Waals surface area contributed by atoms with Gasteiger partial charge < -0.3 is 0 Å². The number of alkyl halides is 1. The molecule has 96 valence electrons. The molecule has 0 spiro atoms. The van der Waals surface area contributed by atoms with Crippen LogP contribution in [0.25, 0.3) is 0 Å². The summed E-state index contributed by atoms with van der Waals surface area (Å²) < 4.78 is 27.0. The molecule has 1 aromatic carbocycles. The summed E-state index contributed by atoms with van der Waals surface area (Å²) >= 11 is 7.70. The number of nitrogens with one attached hydrogen (secondary N) is 1. The molecule has 0 saturated carbocycles. The zero-order chi connectivity index (χ0) is 12.9. The summed E-state index contributed by atoms with van der Waals surface area (Å²) in [5, 5.41) is 0. The van der Waals surface area contributed by atoms with Gasteiger partial charge in [0.05, 0.1) is 5.75 Å². The van der Waals surface area contributed by atoms with Gasteiger partial charge in [0.2, 0.25) is 10.0 Å². The second-order valence-corrected chi connectivity index (χ2v) is 7.16. The first-order valence-corrected chi connectivity index (χ1v) is 8.54. The normalized spacial score (nSPS) is 11.5. The lowest BCUT2D eigenvalue weighted by Gasteiger charge is -2.08. The second kappa shape index (κ2) is 6.80. The largest absolute Gasteiger partial charge is 0.284 e. The maximum absolute atomic E-state index is 11.7. The van der Waals surface area contributed by atoms with Gasteiger partial charge in [0.25, 0.3) is 0 Å². The molecule has 0 fully saturated rings. The molecule has 17 heavy (non-hydrogen) atoms. The van der Waals surface area contributed by atoms with Crippen LogP contribution in [0.3, 0.4) is 0 Å². The average Bonchev–Trinajstić information content (AvgIpc) is 2.23. The van der Waals surface area contributed by atoms with Gasteiger partial charge in [-0.2, -0.15) is 0 Å². The second-order valence-electron chi connectivity index (χ2n) is 3.78.